The fourth-order valence-corrected chi connectivity index (χ4v) is 20.8. The van der Waals surface area contributed by atoms with Crippen LogP contribution in [0.4, 0.5) is 64.9 Å². The Morgan fingerprint density at radius 2 is 0.652 bits per heavy atom. The number of pyridine rings is 9. The summed E-state index contributed by atoms with van der Waals surface area (Å²) in [5, 5.41) is 28.3. The van der Waals surface area contributed by atoms with Crippen molar-refractivity contribution in [3.63, 3.8) is 0 Å². The highest BCUT2D eigenvalue weighted by Gasteiger charge is 2.42. The van der Waals surface area contributed by atoms with Crippen LogP contribution in [0.25, 0.3) is 83.9 Å². The van der Waals surface area contributed by atoms with E-state index >= 15 is 8.78 Å². The molecule has 141 heavy (non-hydrogen) atoms. The van der Waals surface area contributed by atoms with Gasteiger partial charge in [-0.1, -0.05) is 154 Å². The number of carbonyl (C=O) groups excluding carboxylic acids is 3. The molecule has 3 amide bonds. The van der Waals surface area contributed by atoms with Crippen molar-refractivity contribution < 1.29 is 45.1 Å². The van der Waals surface area contributed by atoms with Gasteiger partial charge in [0.1, 0.15) is 66.9 Å². The molecule has 27 nitrogen and oxygen atoms in total. The van der Waals surface area contributed by atoms with Crippen molar-refractivity contribution in [1.82, 2.24) is 58.3 Å². The number of carbonyl (C=O) groups is 3. The van der Waals surface area contributed by atoms with Gasteiger partial charge in [0.25, 0.3) is 16.7 Å². The molecule has 3 saturated heterocycles. The fraction of sp³-hybridized carbons (Fsp3) is 0.303. The van der Waals surface area contributed by atoms with Gasteiger partial charge in [0, 0.05) is 116 Å². The summed E-state index contributed by atoms with van der Waals surface area (Å²) in [6, 6.07) is 13.6. The molecule has 0 bridgehead atoms. The molecule has 12 heterocycles. The van der Waals surface area contributed by atoms with E-state index in [0.717, 1.165) is 0 Å². The van der Waals surface area contributed by atoms with Crippen molar-refractivity contribution in [2.24, 2.45) is 0 Å². The van der Waals surface area contributed by atoms with Crippen LogP contribution in [0.15, 0.2) is 107 Å². The zero-order valence-corrected chi connectivity index (χ0v) is 84.4. The van der Waals surface area contributed by atoms with Crippen LogP contribution in [0.1, 0.15) is 151 Å². The molecule has 42 heteroatoms. The van der Waals surface area contributed by atoms with E-state index in [9.17, 15) is 66.5 Å². The lowest BCUT2D eigenvalue weighted by molar-refractivity contribution is -0.131. The normalized spacial score (nSPS) is 16.6. The molecule has 6 N–H and O–H groups in total. The minimum Gasteiger partial charge on any atom is -0.397 e. The first kappa shape index (κ1) is 105. The third-order valence-electron chi connectivity index (χ3n) is 24.9. The van der Waals surface area contributed by atoms with Gasteiger partial charge in [0.15, 0.2) is 40.7 Å². The van der Waals surface area contributed by atoms with Gasteiger partial charge in [-0.2, -0.15) is 15.8 Å². The second-order valence-corrected chi connectivity index (χ2v) is 38.5. The van der Waals surface area contributed by atoms with Crippen LogP contribution in [0.3, 0.4) is 0 Å². The first-order valence-electron chi connectivity index (χ1n) is 43.9. The number of amides is 3. The average molecular weight is 2090 g/mol. The Morgan fingerprint density at radius 1 is 0.383 bits per heavy atom. The summed E-state index contributed by atoms with van der Waals surface area (Å²) in [4.78, 5) is 120. The maximum atomic E-state index is 15.6. The van der Waals surface area contributed by atoms with E-state index in [4.69, 9.17) is 120 Å². The van der Waals surface area contributed by atoms with Crippen molar-refractivity contribution in [3.8, 4) is 69.0 Å². The maximum Gasteiger partial charge on any atom is 0.276 e. The predicted octanol–water partition coefficient (Wildman–Crippen LogP) is 21.0. The highest BCUT2D eigenvalue weighted by molar-refractivity contribution is 6.43. The zero-order valence-electron chi connectivity index (χ0n) is 78.4. The lowest BCUT2D eigenvalue weighted by Crippen LogP contribution is -2.58. The van der Waals surface area contributed by atoms with Crippen molar-refractivity contribution in [1.29, 1.82) is 15.8 Å². The molecule has 3 aromatic carbocycles. The predicted molar refractivity (Wildman–Crippen MR) is 540 cm³/mol. The third kappa shape index (κ3) is 18.3. The standard InChI is InChI=1S/2C33H30Cl3F2N7O2.C33H30Cl2F3N7O2/c1-7-21(46)44-16(5)12-43(13-17(44)6)31-18-10-20(34)29(22-25(37)23(35)26(38)24(36)27(22)40)42-32(18)45(33(47)19(31)11-39)30-15(4)8-9-41-28(30)14(2)3;1-7-21(46)44-16(5)12-43(13-17(44)6)31-18-10-20(34)29(22-23(35)25(37)26(38)27(40)24(22)36)42-32(18)45(33(47)19(31)11-39)30-15(4)8-9-41-28(30)14(2)3;1-7-21(46)44-16(5)12-43(13-17(44)6)31-18-10-20(34)29(22-24(36)26(38)25(37)23(35)27(22)40)42-32(18)45(33(47)19(31)11-39)30-15(4)8-9-41-28(30)14(2)3/h3*7-10,14,16-17H,1,12-13,40H2,2-6H3/t3*16-,17+. The summed E-state index contributed by atoms with van der Waals surface area (Å²) in [5.41, 5.74) is 16.3. The number of rotatable bonds is 15. The van der Waals surface area contributed by atoms with Gasteiger partial charge in [-0.05, 0) is 151 Å². The number of hydrogen-bond acceptors (Lipinski definition) is 21. The number of halogens is 15. The number of piperazine rings is 3. The van der Waals surface area contributed by atoms with Gasteiger partial charge >= 0.3 is 0 Å². The van der Waals surface area contributed by atoms with Crippen LogP contribution in [0.2, 0.25) is 40.2 Å². The van der Waals surface area contributed by atoms with Crippen molar-refractivity contribution in [2.45, 2.75) is 158 Å². The van der Waals surface area contributed by atoms with Crippen LogP contribution in [0.5, 0.6) is 0 Å². The summed E-state index contributed by atoms with van der Waals surface area (Å²) >= 11 is 51.0. The molecule has 12 aromatic rings. The molecule has 0 unspecified atom stereocenters. The Kier molecular flexibility index (Phi) is 30.8. The number of fused-ring (bicyclic) bond motifs is 3. The van der Waals surface area contributed by atoms with E-state index in [1.54, 1.807) is 77.2 Å². The van der Waals surface area contributed by atoms with Gasteiger partial charge in [-0.3, -0.25) is 57.4 Å². The highest BCUT2D eigenvalue weighted by atomic mass is 35.5. The Hall–Kier alpha value is -13.1. The Morgan fingerprint density at radius 3 is 0.929 bits per heavy atom. The number of anilines is 6. The summed E-state index contributed by atoms with van der Waals surface area (Å²) in [6.07, 6.45) is 8.53. The van der Waals surface area contributed by atoms with E-state index in [1.807, 2.05) is 92.9 Å². The summed E-state index contributed by atoms with van der Waals surface area (Å²) < 4.78 is 108. The van der Waals surface area contributed by atoms with Crippen molar-refractivity contribution >= 4 is 178 Å². The van der Waals surface area contributed by atoms with Crippen molar-refractivity contribution in [3.05, 3.63) is 255 Å². The topological polar surface area (TPSA) is 363 Å². The number of benzene rings is 3. The molecule has 732 valence electrons. The van der Waals surface area contributed by atoms with E-state index in [2.05, 4.69) is 57.9 Å². The second-order valence-electron chi connectivity index (χ2n) is 35.3. The number of nitrogens with two attached hydrogens (primary N) is 3. The number of nitrogens with zero attached hydrogens (tertiary/aromatic N) is 18. The highest BCUT2D eigenvalue weighted by Crippen LogP contribution is 2.50. The summed E-state index contributed by atoms with van der Waals surface area (Å²) in [7, 11) is 0. The van der Waals surface area contributed by atoms with Crippen LogP contribution in [0, 0.1) is 95.5 Å². The largest absolute Gasteiger partial charge is 0.397 e. The molecule has 0 spiro atoms. The molecule has 9 aromatic heterocycles. The quantitative estimate of drug-likeness (QED) is 0.0282. The molecular weight excluding hydrogens is 2000 g/mol. The summed E-state index contributed by atoms with van der Waals surface area (Å²) in [6.45, 7) is 40.0. The molecule has 6 atom stereocenters. The third-order valence-corrected chi connectivity index (χ3v) is 27.6. The minimum absolute atomic E-state index is 0.00155. The molecule has 3 aliphatic rings. The van der Waals surface area contributed by atoms with Gasteiger partial charge in [-0.15, -0.1) is 0 Å². The Labute approximate surface area is 844 Å². The first-order chi connectivity index (χ1) is 66.5. The Balaban J connectivity index is 0.000000178. The number of nitriles is 3. The smallest absolute Gasteiger partial charge is 0.276 e. The van der Waals surface area contributed by atoms with Gasteiger partial charge in [0.2, 0.25) is 17.7 Å². The number of nitrogen functional groups attached to an aromatic ring is 3. The molecule has 3 fully saturated rings. The van der Waals surface area contributed by atoms with Gasteiger partial charge in [-0.25, -0.2) is 45.7 Å². The van der Waals surface area contributed by atoms with E-state index in [0.29, 0.717) is 56.2 Å². The van der Waals surface area contributed by atoms with Crippen molar-refractivity contribution in [2.75, 3.05) is 71.2 Å². The monoisotopic (exact) mass is 2080 g/mol. The van der Waals surface area contributed by atoms with E-state index in [-0.39, 0.29) is 204 Å². The first-order valence-corrected chi connectivity index (χ1v) is 46.9. The number of aryl methyl sites for hydroxylation is 3. The molecule has 0 radical (unpaired) electrons. The lowest BCUT2D eigenvalue weighted by Gasteiger charge is -2.45. The lowest BCUT2D eigenvalue weighted by atomic mass is 10.0. The fourth-order valence-electron chi connectivity index (χ4n) is 18.8. The van der Waals surface area contributed by atoms with E-state index < -0.39 is 116 Å². The van der Waals surface area contributed by atoms with Crippen LogP contribution in [-0.2, 0) is 14.4 Å². The molecule has 15 rings (SSSR count). The minimum atomic E-state index is -1.88. The number of aromatic nitrogens is 9. The summed E-state index contributed by atoms with van der Waals surface area (Å²) in [5.74, 6) is -11.9. The maximum absolute atomic E-state index is 15.6. The number of hydrogen-bond donors (Lipinski definition) is 3. The average Bonchev–Trinajstić information content (AvgIpc) is 0.725. The van der Waals surface area contributed by atoms with Crippen LogP contribution < -0.4 is 48.6 Å². The van der Waals surface area contributed by atoms with E-state index in [1.165, 1.54) is 50.1 Å². The van der Waals surface area contributed by atoms with Crippen LogP contribution >= 0.6 is 92.8 Å². The SMILES string of the molecule is C=CC(=O)N1[C@H](C)CN(c2c(C#N)c(=O)n(-c3c(C)ccnc3C(C)C)c3nc(-c4c(Cl)c(N)c(F)c(F)c4Cl)c(Cl)cc23)C[C@@H]1C.C=CC(=O)N1[C@H](C)CN(c2c(C#N)c(=O)n(-c3c(C)ccnc3C(C)C)c3nc(-c4c(N)c(Cl)c(F)c(Cl)c4F)c(Cl)cc23)C[C@@H]1C.C=CC(=O)N1[C@H](C)CN(c2c(C#N)c(=O)n(-c3c(C)ccnc3C(C)C)c3nc(-c4c(N)c(Cl)c(F)c(F)c4F)c(Cl)cc23)C[C@@H]1C. The zero-order chi connectivity index (χ0) is 104. The van der Waals surface area contributed by atoms with Gasteiger partial charge < -0.3 is 46.6 Å². The molecular formula is C99H90Cl8F7N21O6. The Bertz CT molecular complexity index is 6860. The molecule has 0 saturated carbocycles. The second kappa shape index (κ2) is 41.2. The van der Waals surface area contributed by atoms with Crippen LogP contribution in [-0.4, -0.2) is 152 Å². The van der Waals surface area contributed by atoms with Gasteiger partial charge in [0.05, 0.1) is 122 Å². The molecule has 0 aliphatic carbocycles. The molecule has 3 aliphatic heterocycles.